The van der Waals surface area contributed by atoms with E-state index in [9.17, 15) is 4.79 Å². The van der Waals surface area contributed by atoms with E-state index in [4.69, 9.17) is 5.26 Å². The predicted octanol–water partition coefficient (Wildman–Crippen LogP) is 1.46. The van der Waals surface area contributed by atoms with Crippen LogP contribution < -0.4 is 10.6 Å². The molecule has 1 aromatic heterocycles. The summed E-state index contributed by atoms with van der Waals surface area (Å²) in [5.74, 6) is 1.13. The zero-order valence-electron chi connectivity index (χ0n) is 11.4. The quantitative estimate of drug-likeness (QED) is 0.766. The van der Waals surface area contributed by atoms with E-state index in [0.717, 1.165) is 0 Å². The molecule has 1 fully saturated rings. The minimum Gasteiger partial charge on any atom is -0.366 e. The molecule has 1 saturated carbocycles. The van der Waals surface area contributed by atoms with Crippen molar-refractivity contribution in [1.29, 1.82) is 5.26 Å². The Morgan fingerprint density at radius 1 is 1.30 bits per heavy atom. The fraction of sp³-hybridized carbons (Fsp3) is 0.571. The second-order valence-corrected chi connectivity index (χ2v) is 5.00. The van der Waals surface area contributed by atoms with Crippen LogP contribution >= 0.6 is 0 Å². The molecule has 0 aliphatic heterocycles. The Kier molecular flexibility index (Phi) is 5.30. The number of hydrogen-bond donors (Lipinski definition) is 2. The molecule has 2 rings (SSSR count). The maximum Gasteiger partial charge on any atom is 0.220 e. The van der Waals surface area contributed by atoms with Crippen LogP contribution in [-0.4, -0.2) is 29.0 Å². The number of nitriles is 1. The molecule has 20 heavy (non-hydrogen) atoms. The molecular weight excluding hydrogens is 254 g/mol. The van der Waals surface area contributed by atoms with Crippen molar-refractivity contribution in [2.24, 2.45) is 5.92 Å². The number of aromatic nitrogens is 2. The topological polar surface area (TPSA) is 90.7 Å². The van der Waals surface area contributed by atoms with Gasteiger partial charge < -0.3 is 10.6 Å². The maximum absolute atomic E-state index is 11.7. The van der Waals surface area contributed by atoms with Crippen LogP contribution in [-0.2, 0) is 4.79 Å². The van der Waals surface area contributed by atoms with Crippen molar-refractivity contribution in [1.82, 2.24) is 15.3 Å². The molecule has 106 valence electrons. The lowest BCUT2D eigenvalue weighted by Gasteiger charge is -2.10. The van der Waals surface area contributed by atoms with Gasteiger partial charge in [0.15, 0.2) is 11.5 Å². The number of carbonyl (C=O) groups is 1. The first-order chi connectivity index (χ1) is 9.79. The van der Waals surface area contributed by atoms with Crippen LogP contribution in [0.4, 0.5) is 5.82 Å². The highest BCUT2D eigenvalue weighted by molar-refractivity contribution is 5.76. The summed E-state index contributed by atoms with van der Waals surface area (Å²) < 4.78 is 0. The molecule has 1 heterocycles. The molecule has 1 aliphatic rings. The summed E-state index contributed by atoms with van der Waals surface area (Å²) in [6.45, 7) is 1.05. The number of carbonyl (C=O) groups excluding carboxylic acids is 1. The number of nitrogens with one attached hydrogen (secondary N) is 2. The molecule has 0 unspecified atom stereocenters. The molecule has 6 nitrogen and oxygen atoms in total. The number of hydrogen-bond acceptors (Lipinski definition) is 5. The van der Waals surface area contributed by atoms with Gasteiger partial charge in [0, 0.05) is 31.9 Å². The summed E-state index contributed by atoms with van der Waals surface area (Å²) in [5.41, 5.74) is 0.268. The lowest BCUT2D eigenvalue weighted by Crippen LogP contribution is -2.30. The van der Waals surface area contributed by atoms with E-state index < -0.39 is 0 Å². The van der Waals surface area contributed by atoms with Gasteiger partial charge in [-0.1, -0.05) is 12.8 Å². The van der Waals surface area contributed by atoms with Crippen molar-refractivity contribution in [2.45, 2.75) is 32.1 Å². The van der Waals surface area contributed by atoms with Gasteiger partial charge >= 0.3 is 0 Å². The number of nitrogens with zero attached hydrogens (tertiary/aromatic N) is 3. The third kappa shape index (κ3) is 4.19. The van der Waals surface area contributed by atoms with Gasteiger partial charge in [0.1, 0.15) is 6.07 Å². The Morgan fingerprint density at radius 2 is 2.05 bits per heavy atom. The van der Waals surface area contributed by atoms with E-state index in [0.29, 0.717) is 31.2 Å². The highest BCUT2D eigenvalue weighted by atomic mass is 16.1. The average molecular weight is 273 g/mol. The first-order valence-corrected chi connectivity index (χ1v) is 7.01. The normalized spacial score (nSPS) is 14.8. The summed E-state index contributed by atoms with van der Waals surface area (Å²) in [5, 5.41) is 14.7. The predicted molar refractivity (Wildman–Crippen MR) is 74.8 cm³/mol. The summed E-state index contributed by atoms with van der Waals surface area (Å²) >= 11 is 0. The zero-order valence-corrected chi connectivity index (χ0v) is 11.4. The Morgan fingerprint density at radius 3 is 2.80 bits per heavy atom. The van der Waals surface area contributed by atoms with Gasteiger partial charge in [0.05, 0.1) is 0 Å². The monoisotopic (exact) mass is 273 g/mol. The molecule has 1 aliphatic carbocycles. The second-order valence-electron chi connectivity index (χ2n) is 5.00. The first kappa shape index (κ1) is 14.3. The highest BCUT2D eigenvalue weighted by Crippen LogP contribution is 2.27. The van der Waals surface area contributed by atoms with E-state index in [1.165, 1.54) is 38.1 Å². The summed E-state index contributed by atoms with van der Waals surface area (Å²) in [7, 11) is 0. The second kappa shape index (κ2) is 7.43. The van der Waals surface area contributed by atoms with Crippen molar-refractivity contribution >= 4 is 11.7 Å². The van der Waals surface area contributed by atoms with Crippen LogP contribution in [0.1, 0.15) is 37.8 Å². The van der Waals surface area contributed by atoms with Crippen molar-refractivity contribution in [3.8, 4) is 6.07 Å². The molecule has 1 aromatic rings. The van der Waals surface area contributed by atoms with Gasteiger partial charge in [-0.15, -0.1) is 0 Å². The molecule has 0 bridgehead atoms. The third-order valence-corrected chi connectivity index (χ3v) is 3.49. The summed E-state index contributed by atoms with van der Waals surface area (Å²) in [4.78, 5) is 19.7. The lowest BCUT2D eigenvalue weighted by molar-refractivity contribution is -0.121. The van der Waals surface area contributed by atoms with Gasteiger partial charge in [0.2, 0.25) is 5.91 Å². The number of rotatable bonds is 6. The first-order valence-electron chi connectivity index (χ1n) is 7.01. The maximum atomic E-state index is 11.7. The lowest BCUT2D eigenvalue weighted by atomic mass is 10.0. The Bertz CT molecular complexity index is 491. The molecular formula is C14H19N5O. The minimum absolute atomic E-state index is 0.110. The van der Waals surface area contributed by atoms with Crippen molar-refractivity contribution < 1.29 is 4.79 Å². The van der Waals surface area contributed by atoms with Crippen LogP contribution in [0.25, 0.3) is 0 Å². The fourth-order valence-electron chi connectivity index (χ4n) is 2.48. The van der Waals surface area contributed by atoms with Crippen molar-refractivity contribution in [2.75, 3.05) is 18.4 Å². The molecule has 0 atom stereocenters. The van der Waals surface area contributed by atoms with Crippen LogP contribution in [0.3, 0.4) is 0 Å². The molecule has 0 radical (unpaired) electrons. The van der Waals surface area contributed by atoms with Crippen molar-refractivity contribution in [3.63, 3.8) is 0 Å². The molecule has 0 aromatic carbocycles. The minimum atomic E-state index is 0.110. The largest absolute Gasteiger partial charge is 0.366 e. The third-order valence-electron chi connectivity index (χ3n) is 3.49. The van der Waals surface area contributed by atoms with E-state index in [1.807, 2.05) is 6.07 Å². The van der Waals surface area contributed by atoms with E-state index >= 15 is 0 Å². The molecule has 6 heteroatoms. The van der Waals surface area contributed by atoms with E-state index in [-0.39, 0.29) is 11.6 Å². The smallest absolute Gasteiger partial charge is 0.220 e. The Labute approximate surface area is 118 Å². The van der Waals surface area contributed by atoms with Gasteiger partial charge in [0.25, 0.3) is 0 Å². The molecule has 2 N–H and O–H groups in total. The molecule has 1 amide bonds. The number of anilines is 1. The van der Waals surface area contributed by atoms with E-state index in [2.05, 4.69) is 20.6 Å². The van der Waals surface area contributed by atoms with Crippen molar-refractivity contribution in [3.05, 3.63) is 18.1 Å². The average Bonchev–Trinajstić information content (AvgIpc) is 2.97. The van der Waals surface area contributed by atoms with Crippen LogP contribution in [0.2, 0.25) is 0 Å². The molecule has 0 saturated heterocycles. The van der Waals surface area contributed by atoms with Gasteiger partial charge in [-0.25, -0.2) is 9.97 Å². The standard InChI is InChI=1S/C14H19N5O/c15-10-12-14(18-7-5-16-12)19-8-6-17-13(20)9-11-3-1-2-4-11/h5,7,11H,1-4,6,8-9H2,(H,17,20)(H,18,19). The molecule has 0 spiro atoms. The zero-order chi connectivity index (χ0) is 14.2. The van der Waals surface area contributed by atoms with Crippen LogP contribution in [0.15, 0.2) is 12.4 Å². The Balaban J connectivity index is 1.66. The highest BCUT2D eigenvalue weighted by Gasteiger charge is 2.17. The fourth-order valence-corrected chi connectivity index (χ4v) is 2.48. The van der Waals surface area contributed by atoms with Crippen LogP contribution in [0.5, 0.6) is 0 Å². The van der Waals surface area contributed by atoms with Gasteiger partial charge in [-0.2, -0.15) is 5.26 Å². The van der Waals surface area contributed by atoms with E-state index in [1.54, 1.807) is 0 Å². The van der Waals surface area contributed by atoms with Gasteiger partial charge in [-0.3, -0.25) is 4.79 Å². The van der Waals surface area contributed by atoms with Crippen LogP contribution in [0, 0.1) is 17.2 Å². The summed E-state index contributed by atoms with van der Waals surface area (Å²) in [6.07, 6.45) is 8.50. The Hall–Kier alpha value is -2.16. The number of amides is 1. The summed E-state index contributed by atoms with van der Waals surface area (Å²) in [6, 6.07) is 1.97. The SMILES string of the molecule is N#Cc1nccnc1NCCNC(=O)CC1CCCC1. The van der Waals surface area contributed by atoms with Gasteiger partial charge in [-0.05, 0) is 18.8 Å².